The summed E-state index contributed by atoms with van der Waals surface area (Å²) in [5.41, 5.74) is 0.777. The monoisotopic (exact) mass is 300 g/mol. The fourth-order valence-corrected chi connectivity index (χ4v) is 5.88. The summed E-state index contributed by atoms with van der Waals surface area (Å²) in [6, 6.07) is 0. The molecule has 118 valence electrons. The molecule has 22 heavy (non-hydrogen) atoms. The molecule has 0 saturated heterocycles. The lowest BCUT2D eigenvalue weighted by Gasteiger charge is -2.54. The van der Waals surface area contributed by atoms with Crippen LogP contribution in [0.15, 0.2) is 23.8 Å². The molecule has 0 spiro atoms. The highest BCUT2D eigenvalue weighted by Gasteiger charge is 2.59. The van der Waals surface area contributed by atoms with Gasteiger partial charge in [-0.15, -0.1) is 0 Å². The van der Waals surface area contributed by atoms with E-state index in [2.05, 4.69) is 19.1 Å². The highest BCUT2D eigenvalue weighted by Crippen LogP contribution is 2.62. The average Bonchev–Trinajstić information content (AvgIpc) is 2.86. The zero-order chi connectivity index (χ0) is 15.5. The first kappa shape index (κ1) is 14.4. The second-order valence-corrected chi connectivity index (χ2v) is 7.95. The fraction of sp³-hybridized carbons (Fsp3) is 0.684. The van der Waals surface area contributed by atoms with E-state index in [0.717, 1.165) is 25.7 Å². The number of ketones is 2. The van der Waals surface area contributed by atoms with Gasteiger partial charge in [-0.05, 0) is 60.5 Å². The van der Waals surface area contributed by atoms with Crippen LogP contribution in [0.2, 0.25) is 0 Å². The summed E-state index contributed by atoms with van der Waals surface area (Å²) in [7, 11) is 0. The smallest absolute Gasteiger partial charge is 0.156 e. The number of fused-ring (bicyclic) bond motifs is 5. The topological polar surface area (TPSA) is 54.4 Å². The quantitative estimate of drug-likeness (QED) is 0.810. The van der Waals surface area contributed by atoms with E-state index in [1.807, 2.05) is 6.08 Å². The van der Waals surface area contributed by atoms with Gasteiger partial charge in [0.05, 0.1) is 12.0 Å². The van der Waals surface area contributed by atoms with E-state index in [1.54, 1.807) is 0 Å². The van der Waals surface area contributed by atoms with Crippen LogP contribution in [0, 0.1) is 28.6 Å². The van der Waals surface area contributed by atoms with Crippen LogP contribution in [-0.2, 0) is 9.59 Å². The summed E-state index contributed by atoms with van der Waals surface area (Å²) in [6.07, 6.45) is 11.1. The minimum atomic E-state index is -0.479. The van der Waals surface area contributed by atoms with Crippen LogP contribution < -0.4 is 0 Å². The average molecular weight is 300 g/mol. The molecule has 0 aromatic carbocycles. The van der Waals surface area contributed by atoms with Crippen molar-refractivity contribution >= 4 is 11.6 Å². The third-order valence-electron chi connectivity index (χ3n) is 7.24. The van der Waals surface area contributed by atoms with Gasteiger partial charge in [0, 0.05) is 12.8 Å². The zero-order valence-electron chi connectivity index (χ0n) is 13.2. The number of aliphatic hydroxyl groups excluding tert-OH is 1. The van der Waals surface area contributed by atoms with Crippen LogP contribution in [0.4, 0.5) is 0 Å². The van der Waals surface area contributed by atoms with Gasteiger partial charge in [0.1, 0.15) is 5.78 Å². The Bertz CT molecular complexity index is 602. The number of aliphatic hydroxyl groups is 1. The lowest BCUT2D eigenvalue weighted by Crippen LogP contribution is -2.51. The first-order chi connectivity index (χ1) is 10.5. The standard InChI is InChI=1S/C19H24O3/c1-18-8-6-13(21)10-12(18)2-3-14-15(18)7-9-19(11-20)16(14)4-5-17(19)22/h2-3,10,14-16,20H,4-9,11H2,1H3/t14-,15+,16+,18+,19-/m1/s1. The predicted molar refractivity (Wildman–Crippen MR) is 83.0 cm³/mol. The van der Waals surface area contributed by atoms with E-state index >= 15 is 0 Å². The molecule has 1 N–H and O–H groups in total. The molecule has 0 heterocycles. The van der Waals surface area contributed by atoms with Gasteiger partial charge in [0.2, 0.25) is 0 Å². The Balaban J connectivity index is 1.76. The van der Waals surface area contributed by atoms with Gasteiger partial charge in [0.25, 0.3) is 0 Å². The van der Waals surface area contributed by atoms with E-state index in [4.69, 9.17) is 0 Å². The molecule has 0 radical (unpaired) electrons. The zero-order valence-corrected chi connectivity index (χ0v) is 13.2. The number of carbonyl (C=O) groups excluding carboxylic acids is 2. The van der Waals surface area contributed by atoms with Crippen molar-refractivity contribution < 1.29 is 14.7 Å². The summed E-state index contributed by atoms with van der Waals surface area (Å²) < 4.78 is 0. The van der Waals surface area contributed by atoms with Gasteiger partial charge in [-0.1, -0.05) is 19.1 Å². The molecule has 3 heteroatoms. The largest absolute Gasteiger partial charge is 0.395 e. The highest BCUT2D eigenvalue weighted by atomic mass is 16.3. The first-order valence-corrected chi connectivity index (χ1v) is 8.59. The molecular formula is C19H24O3. The molecule has 4 rings (SSSR count). The minimum Gasteiger partial charge on any atom is -0.395 e. The van der Waals surface area contributed by atoms with Crippen molar-refractivity contribution in [2.75, 3.05) is 6.61 Å². The number of hydrogen-bond acceptors (Lipinski definition) is 3. The maximum atomic E-state index is 12.4. The van der Waals surface area contributed by atoms with Crippen molar-refractivity contribution in [2.24, 2.45) is 28.6 Å². The van der Waals surface area contributed by atoms with Crippen molar-refractivity contribution in [2.45, 2.75) is 45.4 Å². The Morgan fingerprint density at radius 1 is 1.18 bits per heavy atom. The van der Waals surface area contributed by atoms with Crippen LogP contribution in [-0.4, -0.2) is 23.3 Å². The van der Waals surface area contributed by atoms with Crippen molar-refractivity contribution in [1.82, 2.24) is 0 Å². The van der Waals surface area contributed by atoms with Gasteiger partial charge in [-0.2, -0.15) is 0 Å². The third kappa shape index (κ3) is 1.66. The van der Waals surface area contributed by atoms with E-state index in [9.17, 15) is 14.7 Å². The van der Waals surface area contributed by atoms with E-state index < -0.39 is 5.41 Å². The van der Waals surface area contributed by atoms with Gasteiger partial charge < -0.3 is 5.11 Å². The van der Waals surface area contributed by atoms with E-state index in [1.165, 1.54) is 5.57 Å². The molecule has 0 aliphatic heterocycles. The van der Waals surface area contributed by atoms with Gasteiger partial charge in [-0.3, -0.25) is 9.59 Å². The number of Topliss-reactive ketones (excluding diaryl/α,β-unsaturated/α-hetero) is 1. The second kappa shape index (κ2) is 4.64. The lowest BCUT2D eigenvalue weighted by molar-refractivity contribution is -0.135. The van der Waals surface area contributed by atoms with Crippen molar-refractivity contribution in [3.05, 3.63) is 23.8 Å². The minimum absolute atomic E-state index is 0.00541. The maximum absolute atomic E-state index is 12.4. The van der Waals surface area contributed by atoms with Crippen LogP contribution in [0.3, 0.4) is 0 Å². The fourth-order valence-electron chi connectivity index (χ4n) is 5.88. The number of carbonyl (C=O) groups is 2. The molecule has 4 aliphatic rings. The van der Waals surface area contributed by atoms with E-state index in [-0.39, 0.29) is 29.5 Å². The molecule has 0 unspecified atom stereocenters. The summed E-state index contributed by atoms with van der Waals surface area (Å²) >= 11 is 0. The molecule has 3 nitrogen and oxygen atoms in total. The normalized spacial score (nSPS) is 46.8. The summed E-state index contributed by atoms with van der Waals surface area (Å²) in [5.74, 6) is 1.69. The van der Waals surface area contributed by atoms with Gasteiger partial charge in [-0.25, -0.2) is 0 Å². The van der Waals surface area contributed by atoms with Crippen LogP contribution in [0.1, 0.15) is 45.4 Å². The molecule has 2 saturated carbocycles. The van der Waals surface area contributed by atoms with E-state index in [0.29, 0.717) is 24.7 Å². The SMILES string of the molecule is C[C@]12CCC(=O)C=C1C=C[C@H]1[C@@H]3CCC(=O)[C@@]3(CO)CC[C@@H]12. The second-order valence-electron chi connectivity index (χ2n) is 7.95. The molecule has 0 bridgehead atoms. The Labute approximate surface area is 131 Å². The first-order valence-electron chi connectivity index (χ1n) is 8.59. The number of allylic oxidation sites excluding steroid dienone is 4. The summed E-state index contributed by atoms with van der Waals surface area (Å²) in [6.45, 7) is 2.31. The van der Waals surface area contributed by atoms with Gasteiger partial charge >= 0.3 is 0 Å². The molecule has 0 aromatic rings. The molecule has 2 fully saturated rings. The molecule has 5 atom stereocenters. The summed E-state index contributed by atoms with van der Waals surface area (Å²) in [5, 5.41) is 9.94. The Kier molecular flexibility index (Phi) is 3.03. The summed E-state index contributed by atoms with van der Waals surface area (Å²) in [4.78, 5) is 24.2. The maximum Gasteiger partial charge on any atom is 0.156 e. The Hall–Kier alpha value is -1.22. The van der Waals surface area contributed by atoms with Crippen molar-refractivity contribution in [3.63, 3.8) is 0 Å². The molecule has 0 aromatic heterocycles. The molecular weight excluding hydrogens is 276 g/mol. The number of hydrogen-bond donors (Lipinski definition) is 1. The highest BCUT2D eigenvalue weighted by molar-refractivity contribution is 5.92. The van der Waals surface area contributed by atoms with Crippen molar-refractivity contribution in [3.8, 4) is 0 Å². The number of rotatable bonds is 1. The van der Waals surface area contributed by atoms with Crippen molar-refractivity contribution in [1.29, 1.82) is 0 Å². The lowest BCUT2D eigenvalue weighted by atomic mass is 9.49. The van der Waals surface area contributed by atoms with Crippen LogP contribution >= 0.6 is 0 Å². The Morgan fingerprint density at radius 2 is 2.00 bits per heavy atom. The van der Waals surface area contributed by atoms with Crippen LogP contribution in [0.25, 0.3) is 0 Å². The van der Waals surface area contributed by atoms with Crippen LogP contribution in [0.5, 0.6) is 0 Å². The van der Waals surface area contributed by atoms with Gasteiger partial charge in [0.15, 0.2) is 5.78 Å². The molecule has 0 amide bonds. The molecule has 4 aliphatic carbocycles. The third-order valence-corrected chi connectivity index (χ3v) is 7.24. The predicted octanol–water partition coefficient (Wildman–Crippen LogP) is 2.84. The Morgan fingerprint density at radius 3 is 2.77 bits per heavy atom.